The number of hydrogen-bond acceptors (Lipinski definition) is 1. The summed E-state index contributed by atoms with van der Waals surface area (Å²) in [5.74, 6) is -0.494. The maximum atomic E-state index is 12.7. The Hall–Kier alpha value is -3.30. The van der Waals surface area contributed by atoms with Crippen molar-refractivity contribution in [2.45, 2.75) is 104 Å². The number of allylic oxidation sites excluding steroid dienone is 3. The van der Waals surface area contributed by atoms with Gasteiger partial charge >= 0.3 is 0 Å². The molecule has 0 saturated carbocycles. The molecule has 0 spiro atoms. The first-order valence-electron chi connectivity index (χ1n) is 16.1. The summed E-state index contributed by atoms with van der Waals surface area (Å²) in [7, 11) is 3.25. The minimum Gasteiger partial charge on any atom is -0.388 e. The van der Waals surface area contributed by atoms with E-state index in [9.17, 15) is 8.78 Å². The summed E-state index contributed by atoms with van der Waals surface area (Å²) in [5.41, 5.74) is 4.56. The molecule has 3 aromatic carbocycles. The molecule has 0 N–H and O–H groups in total. The van der Waals surface area contributed by atoms with Gasteiger partial charge in [-0.15, -0.1) is 0 Å². The van der Waals surface area contributed by atoms with Crippen LogP contribution in [-0.4, -0.2) is 14.2 Å². The Bertz CT molecular complexity index is 879. The van der Waals surface area contributed by atoms with Crippen molar-refractivity contribution in [3.05, 3.63) is 127 Å². The van der Waals surface area contributed by atoms with Crippen LogP contribution in [0.2, 0.25) is 0 Å². The zero-order valence-electron chi connectivity index (χ0n) is 31.7. The Morgan fingerprint density at radius 3 is 0.841 bits per heavy atom. The van der Waals surface area contributed by atoms with Gasteiger partial charge in [0, 0.05) is 19.8 Å². The number of methoxy groups -OCH3 is 1. The number of rotatable bonds is 3. The van der Waals surface area contributed by atoms with Crippen molar-refractivity contribution < 1.29 is 13.5 Å². The van der Waals surface area contributed by atoms with Crippen LogP contribution in [0.3, 0.4) is 0 Å². The lowest BCUT2D eigenvalue weighted by molar-refractivity contribution is 0.277. The second-order valence-corrected chi connectivity index (χ2v) is 6.85. The maximum absolute atomic E-state index is 12.7. The summed E-state index contributed by atoms with van der Waals surface area (Å²) >= 11 is 0. The quantitative estimate of drug-likeness (QED) is 0.284. The normalized spacial score (nSPS) is 8.07. The van der Waals surface area contributed by atoms with Crippen LogP contribution in [0.1, 0.15) is 121 Å². The van der Waals surface area contributed by atoms with Crippen LogP contribution >= 0.6 is 0 Å². The van der Waals surface area contributed by atoms with Gasteiger partial charge in [0.2, 0.25) is 0 Å². The molecule has 1 nitrogen and oxygen atoms in total. The van der Waals surface area contributed by atoms with Gasteiger partial charge in [0.15, 0.2) is 0 Å². The fourth-order valence-corrected chi connectivity index (χ4v) is 2.23. The second-order valence-electron chi connectivity index (χ2n) is 6.85. The molecular formula is C41H70F2O. The molecule has 0 unspecified atom stereocenters. The molecule has 0 heterocycles. The molecule has 254 valence electrons. The summed E-state index contributed by atoms with van der Waals surface area (Å²) in [4.78, 5) is 0. The van der Waals surface area contributed by atoms with E-state index in [1.807, 2.05) is 145 Å². The van der Waals surface area contributed by atoms with Gasteiger partial charge in [0.1, 0.15) is 11.7 Å². The van der Waals surface area contributed by atoms with Gasteiger partial charge in [-0.3, -0.25) is 0 Å². The molecular weight excluding hydrogens is 546 g/mol. The molecule has 0 aromatic heterocycles. The molecule has 3 aromatic rings. The molecule has 0 aliphatic carbocycles. The Morgan fingerprint density at radius 1 is 0.455 bits per heavy atom. The third-order valence-corrected chi connectivity index (χ3v) is 4.08. The Balaban J connectivity index is -0.0000000769. The van der Waals surface area contributed by atoms with E-state index in [2.05, 4.69) is 30.0 Å². The van der Waals surface area contributed by atoms with Gasteiger partial charge in [0.25, 0.3) is 0 Å². The van der Waals surface area contributed by atoms with E-state index in [4.69, 9.17) is 0 Å². The summed E-state index contributed by atoms with van der Waals surface area (Å²) in [6, 6.07) is 28.5. The molecule has 0 amide bonds. The third-order valence-electron chi connectivity index (χ3n) is 4.08. The lowest BCUT2D eigenvalue weighted by Crippen LogP contribution is -1.79. The van der Waals surface area contributed by atoms with Gasteiger partial charge in [-0.1, -0.05) is 193 Å². The molecule has 3 heteroatoms. The lowest BCUT2D eigenvalue weighted by Gasteiger charge is -1.99. The van der Waals surface area contributed by atoms with Gasteiger partial charge in [-0.25, -0.2) is 8.78 Å². The average Bonchev–Trinajstić information content (AvgIpc) is 3.12. The van der Waals surface area contributed by atoms with E-state index in [0.717, 1.165) is 11.1 Å². The third kappa shape index (κ3) is 40.8. The monoisotopic (exact) mass is 617 g/mol. The predicted octanol–water partition coefficient (Wildman–Crippen LogP) is 15.2. The molecule has 3 rings (SSSR count). The van der Waals surface area contributed by atoms with Crippen LogP contribution in [0.25, 0.3) is 17.0 Å². The average molecular weight is 617 g/mol. The fraction of sp³-hybridized carbons (Fsp3) is 0.415. The lowest BCUT2D eigenvalue weighted by atomic mass is 10.1. The highest BCUT2D eigenvalue weighted by Crippen LogP contribution is 2.17. The number of benzene rings is 3. The minimum absolute atomic E-state index is 0.115. The van der Waals surface area contributed by atoms with Crippen molar-refractivity contribution >= 4 is 17.0 Å². The van der Waals surface area contributed by atoms with Crippen LogP contribution in [0.15, 0.2) is 110 Å². The smallest absolute Gasteiger partial charge is 0.123 e. The number of halogens is 2. The van der Waals surface area contributed by atoms with E-state index in [1.54, 1.807) is 45.4 Å². The highest BCUT2D eigenvalue weighted by Gasteiger charge is 1.97. The van der Waals surface area contributed by atoms with Gasteiger partial charge in [0.05, 0.1) is 0 Å². The molecule has 0 fully saturated rings. The summed E-state index contributed by atoms with van der Waals surface area (Å²) < 4.78 is 29.1. The first-order chi connectivity index (χ1) is 21.2. The predicted molar refractivity (Wildman–Crippen MR) is 205 cm³/mol. The topological polar surface area (TPSA) is 9.23 Å². The molecule has 0 radical (unpaired) electrons. The summed E-state index contributed by atoms with van der Waals surface area (Å²) in [5, 5.41) is 0. The van der Waals surface area contributed by atoms with Crippen LogP contribution in [-0.2, 0) is 4.74 Å². The summed E-state index contributed by atoms with van der Waals surface area (Å²) in [6.45, 7) is 36.3. The van der Waals surface area contributed by atoms with Crippen molar-refractivity contribution in [1.82, 2.24) is 0 Å². The van der Waals surface area contributed by atoms with E-state index in [1.165, 1.54) is 12.5 Å². The fourth-order valence-electron chi connectivity index (χ4n) is 2.23. The van der Waals surface area contributed by atoms with E-state index >= 15 is 0 Å². The van der Waals surface area contributed by atoms with E-state index in [-0.39, 0.29) is 11.7 Å². The first kappa shape index (κ1) is 56.5. The van der Waals surface area contributed by atoms with E-state index in [0.29, 0.717) is 11.1 Å². The van der Waals surface area contributed by atoms with Crippen molar-refractivity contribution in [2.75, 3.05) is 14.2 Å². The van der Waals surface area contributed by atoms with Crippen molar-refractivity contribution in [1.29, 1.82) is 0 Å². The van der Waals surface area contributed by atoms with Crippen LogP contribution < -0.4 is 0 Å². The van der Waals surface area contributed by atoms with Gasteiger partial charge < -0.3 is 4.74 Å². The molecule has 0 bridgehead atoms. The van der Waals surface area contributed by atoms with Crippen molar-refractivity contribution in [3.63, 3.8) is 0 Å². The number of ether oxygens (including phenoxy) is 1. The summed E-state index contributed by atoms with van der Waals surface area (Å²) in [6.07, 6.45) is 0. The zero-order chi connectivity index (χ0) is 36.4. The van der Waals surface area contributed by atoms with Crippen molar-refractivity contribution in [3.8, 4) is 0 Å². The molecule has 0 aliphatic heterocycles. The SMILES string of the molecule is C=C(C)c1ccccc1.C=C(F)c1ccccc1.CC.CC.CC.CC.CC.CC.CC(F)=C(C)c1ccccc1.COC. The van der Waals surface area contributed by atoms with Crippen LogP contribution in [0, 0.1) is 0 Å². The molecule has 0 saturated heterocycles. The Labute approximate surface area is 274 Å². The van der Waals surface area contributed by atoms with Gasteiger partial charge in [-0.2, -0.15) is 0 Å². The molecule has 0 aliphatic rings. The standard InChI is InChI=1S/C10H11F.C9H10.C8H7F.C2H6O.6C2H6/c1-8(9(2)11)10-6-4-3-5-7-10;1-8(2)9-6-4-3-5-7-9;1-7(9)8-5-3-2-4-6-8;1-3-2;6*1-2/h3-7H,1-2H3;3-7H,1H2,2H3;2-6H,1H2;1-2H3;6*1-2H3. The molecule has 0 atom stereocenters. The minimum atomic E-state index is -0.379. The van der Waals surface area contributed by atoms with Gasteiger partial charge in [-0.05, 0) is 37.5 Å². The maximum Gasteiger partial charge on any atom is 0.123 e. The zero-order valence-corrected chi connectivity index (χ0v) is 31.7. The largest absolute Gasteiger partial charge is 0.388 e. The first-order valence-corrected chi connectivity index (χ1v) is 16.1. The Morgan fingerprint density at radius 2 is 0.682 bits per heavy atom. The number of hydrogen-bond donors (Lipinski definition) is 0. The highest BCUT2D eigenvalue weighted by atomic mass is 19.1. The van der Waals surface area contributed by atoms with Crippen molar-refractivity contribution in [2.24, 2.45) is 0 Å². The second kappa shape index (κ2) is 52.4. The van der Waals surface area contributed by atoms with Crippen LogP contribution in [0.5, 0.6) is 0 Å². The van der Waals surface area contributed by atoms with E-state index < -0.39 is 0 Å². The van der Waals surface area contributed by atoms with Crippen LogP contribution in [0.4, 0.5) is 8.78 Å². The molecule has 44 heavy (non-hydrogen) atoms. The highest BCUT2D eigenvalue weighted by molar-refractivity contribution is 5.64. The Kier molecular flexibility index (Phi) is 67.2.